The van der Waals surface area contributed by atoms with Gasteiger partial charge in [0.25, 0.3) is 0 Å². The maximum absolute atomic E-state index is 12.6. The molecule has 0 saturated carbocycles. The summed E-state index contributed by atoms with van der Waals surface area (Å²) in [7, 11) is 3.15. The molecule has 1 aliphatic carbocycles. The van der Waals surface area contributed by atoms with E-state index in [2.05, 4.69) is 11.4 Å². The Morgan fingerprint density at radius 2 is 1.89 bits per heavy atom. The molecular weight excluding hydrogens is 360 g/mol. The van der Waals surface area contributed by atoms with Crippen molar-refractivity contribution in [3.05, 3.63) is 39.8 Å². The Balaban J connectivity index is 1.76. The molecule has 5 nitrogen and oxygen atoms in total. The van der Waals surface area contributed by atoms with Crippen LogP contribution in [0.15, 0.2) is 18.2 Å². The summed E-state index contributed by atoms with van der Waals surface area (Å²) in [5, 5.41) is 13.3. The first-order valence-corrected chi connectivity index (χ1v) is 10.0. The molecule has 6 heteroatoms. The lowest BCUT2D eigenvalue weighted by molar-refractivity contribution is -0.115. The van der Waals surface area contributed by atoms with Gasteiger partial charge < -0.3 is 14.8 Å². The number of thiophene rings is 1. The SMILES string of the molecule is COc1ccc(CC(=O)Nc2sc3c(c2C#N)CCCCCC3)cc1OC. The zero-order valence-corrected chi connectivity index (χ0v) is 16.6. The molecule has 1 N–H and O–H groups in total. The molecule has 1 aromatic heterocycles. The number of aryl methyl sites for hydroxylation is 1. The summed E-state index contributed by atoms with van der Waals surface area (Å²) in [6.07, 6.45) is 6.85. The molecule has 1 amide bonds. The molecule has 3 rings (SSSR count). The lowest BCUT2D eigenvalue weighted by Gasteiger charge is -2.10. The molecule has 0 saturated heterocycles. The number of nitrogens with zero attached hydrogens (tertiary/aromatic N) is 1. The number of nitriles is 1. The summed E-state index contributed by atoms with van der Waals surface area (Å²) in [4.78, 5) is 13.8. The van der Waals surface area contributed by atoms with E-state index in [1.54, 1.807) is 37.7 Å². The van der Waals surface area contributed by atoms with Crippen molar-refractivity contribution in [3.8, 4) is 17.6 Å². The number of carbonyl (C=O) groups excluding carboxylic acids is 1. The van der Waals surface area contributed by atoms with Gasteiger partial charge in [0.2, 0.25) is 5.91 Å². The summed E-state index contributed by atoms with van der Waals surface area (Å²) in [5.41, 5.74) is 2.62. The number of hydrogen-bond acceptors (Lipinski definition) is 5. The molecular formula is C21H24N2O3S. The van der Waals surface area contributed by atoms with E-state index < -0.39 is 0 Å². The number of amides is 1. The van der Waals surface area contributed by atoms with Gasteiger partial charge in [-0.15, -0.1) is 11.3 Å². The number of rotatable bonds is 5. The Morgan fingerprint density at radius 3 is 2.59 bits per heavy atom. The topological polar surface area (TPSA) is 71.3 Å². The third-order valence-electron chi connectivity index (χ3n) is 4.85. The first kappa shape index (κ1) is 19.2. The van der Waals surface area contributed by atoms with Crippen LogP contribution in [0, 0.1) is 11.3 Å². The van der Waals surface area contributed by atoms with Crippen molar-refractivity contribution < 1.29 is 14.3 Å². The molecule has 0 bridgehead atoms. The molecule has 0 unspecified atom stereocenters. The number of anilines is 1. The molecule has 0 fully saturated rings. The van der Waals surface area contributed by atoms with Gasteiger partial charge >= 0.3 is 0 Å². The first-order chi connectivity index (χ1) is 13.2. The number of nitrogens with one attached hydrogen (secondary N) is 1. The van der Waals surface area contributed by atoms with Crippen LogP contribution in [0.5, 0.6) is 11.5 Å². The van der Waals surface area contributed by atoms with E-state index in [0.29, 0.717) is 22.1 Å². The van der Waals surface area contributed by atoms with Crippen LogP contribution in [0.1, 0.15) is 47.3 Å². The largest absolute Gasteiger partial charge is 0.493 e. The predicted molar refractivity (Wildman–Crippen MR) is 107 cm³/mol. The van der Waals surface area contributed by atoms with E-state index in [0.717, 1.165) is 36.8 Å². The zero-order chi connectivity index (χ0) is 19.2. The standard InChI is InChI=1S/C21H24N2O3S/c1-25-17-10-9-14(11-18(17)26-2)12-20(24)23-21-16(13-22)15-7-5-3-4-6-8-19(15)27-21/h9-11H,3-8,12H2,1-2H3,(H,23,24). The Labute approximate surface area is 163 Å². The molecule has 0 atom stereocenters. The van der Waals surface area contributed by atoms with Gasteiger partial charge in [0.1, 0.15) is 11.1 Å². The molecule has 0 spiro atoms. The number of benzene rings is 1. The van der Waals surface area contributed by atoms with Gasteiger partial charge in [-0.25, -0.2) is 0 Å². The highest BCUT2D eigenvalue weighted by Crippen LogP contribution is 2.36. The van der Waals surface area contributed by atoms with Gasteiger partial charge in [-0.1, -0.05) is 18.9 Å². The van der Waals surface area contributed by atoms with Crippen LogP contribution in [0.4, 0.5) is 5.00 Å². The second-order valence-corrected chi connectivity index (χ2v) is 7.75. The minimum absolute atomic E-state index is 0.132. The van der Waals surface area contributed by atoms with Crippen molar-refractivity contribution in [2.24, 2.45) is 0 Å². The fourth-order valence-corrected chi connectivity index (χ4v) is 4.73. The fourth-order valence-electron chi connectivity index (χ4n) is 3.47. The smallest absolute Gasteiger partial charge is 0.229 e. The third kappa shape index (κ3) is 4.42. The summed E-state index contributed by atoms with van der Waals surface area (Å²) in [5.74, 6) is 1.10. The lowest BCUT2D eigenvalue weighted by atomic mass is 9.97. The Bertz CT molecular complexity index is 867. The van der Waals surface area contributed by atoms with E-state index in [1.165, 1.54) is 17.7 Å². The number of hydrogen-bond donors (Lipinski definition) is 1. The number of carbonyl (C=O) groups is 1. The van der Waals surface area contributed by atoms with Gasteiger partial charge in [0.15, 0.2) is 11.5 Å². The van der Waals surface area contributed by atoms with E-state index in [4.69, 9.17) is 9.47 Å². The number of methoxy groups -OCH3 is 2. The molecule has 2 aromatic rings. The normalized spacial score (nSPS) is 13.7. The fraction of sp³-hybridized carbons (Fsp3) is 0.429. The van der Waals surface area contributed by atoms with E-state index >= 15 is 0 Å². The average molecular weight is 385 g/mol. The van der Waals surface area contributed by atoms with Crippen molar-refractivity contribution in [2.75, 3.05) is 19.5 Å². The predicted octanol–water partition coefficient (Wildman–Crippen LogP) is 4.48. The zero-order valence-electron chi connectivity index (χ0n) is 15.8. The number of ether oxygens (including phenoxy) is 2. The molecule has 1 aromatic carbocycles. The monoisotopic (exact) mass is 384 g/mol. The number of fused-ring (bicyclic) bond motifs is 1. The van der Waals surface area contributed by atoms with Crippen LogP contribution >= 0.6 is 11.3 Å². The van der Waals surface area contributed by atoms with Crippen molar-refractivity contribution in [2.45, 2.75) is 44.9 Å². The van der Waals surface area contributed by atoms with Gasteiger partial charge in [-0.05, 0) is 48.9 Å². The summed E-state index contributed by atoms with van der Waals surface area (Å²) in [6, 6.07) is 7.75. The van der Waals surface area contributed by atoms with Crippen molar-refractivity contribution in [1.29, 1.82) is 5.26 Å². The second-order valence-electron chi connectivity index (χ2n) is 6.65. The maximum Gasteiger partial charge on any atom is 0.229 e. The van der Waals surface area contributed by atoms with Crippen LogP contribution in [-0.2, 0) is 24.1 Å². The first-order valence-electron chi connectivity index (χ1n) is 9.21. The van der Waals surface area contributed by atoms with Crippen LogP contribution in [0.2, 0.25) is 0 Å². The molecule has 142 valence electrons. The highest BCUT2D eigenvalue weighted by Gasteiger charge is 2.20. The van der Waals surface area contributed by atoms with E-state index in [-0.39, 0.29) is 12.3 Å². The van der Waals surface area contributed by atoms with Crippen molar-refractivity contribution in [1.82, 2.24) is 0 Å². The molecule has 0 aliphatic heterocycles. The highest BCUT2D eigenvalue weighted by atomic mass is 32.1. The van der Waals surface area contributed by atoms with Crippen molar-refractivity contribution in [3.63, 3.8) is 0 Å². The maximum atomic E-state index is 12.6. The van der Waals surface area contributed by atoms with Crippen molar-refractivity contribution >= 4 is 22.2 Å². The van der Waals surface area contributed by atoms with Gasteiger partial charge in [0, 0.05) is 4.88 Å². The van der Waals surface area contributed by atoms with E-state index in [9.17, 15) is 10.1 Å². The van der Waals surface area contributed by atoms with Crippen LogP contribution in [-0.4, -0.2) is 20.1 Å². The molecule has 1 aliphatic rings. The van der Waals surface area contributed by atoms with Gasteiger partial charge in [-0.3, -0.25) is 4.79 Å². The minimum Gasteiger partial charge on any atom is -0.493 e. The van der Waals surface area contributed by atoms with Gasteiger partial charge in [0.05, 0.1) is 26.2 Å². The summed E-state index contributed by atoms with van der Waals surface area (Å²) in [6.45, 7) is 0. The quantitative estimate of drug-likeness (QED) is 0.825. The highest BCUT2D eigenvalue weighted by molar-refractivity contribution is 7.16. The Morgan fingerprint density at radius 1 is 1.15 bits per heavy atom. The minimum atomic E-state index is -0.132. The van der Waals surface area contributed by atoms with Crippen LogP contribution in [0.25, 0.3) is 0 Å². The molecule has 27 heavy (non-hydrogen) atoms. The van der Waals surface area contributed by atoms with Crippen LogP contribution in [0.3, 0.4) is 0 Å². The molecule has 1 heterocycles. The summed E-state index contributed by atoms with van der Waals surface area (Å²) < 4.78 is 10.5. The second kappa shape index (κ2) is 8.92. The average Bonchev–Trinajstić information content (AvgIpc) is 2.96. The third-order valence-corrected chi connectivity index (χ3v) is 6.06. The lowest BCUT2D eigenvalue weighted by Crippen LogP contribution is -2.14. The van der Waals surface area contributed by atoms with Crippen LogP contribution < -0.4 is 14.8 Å². The Kier molecular flexibility index (Phi) is 6.36. The molecule has 0 radical (unpaired) electrons. The van der Waals surface area contributed by atoms with E-state index in [1.807, 2.05) is 6.07 Å². The van der Waals surface area contributed by atoms with Gasteiger partial charge in [-0.2, -0.15) is 5.26 Å². The Hall–Kier alpha value is -2.52. The summed E-state index contributed by atoms with van der Waals surface area (Å²) >= 11 is 1.56.